The fraction of sp³-hybridized carbons (Fsp3) is 0. The van der Waals surface area contributed by atoms with Crippen molar-refractivity contribution in [1.82, 2.24) is 10.4 Å². The summed E-state index contributed by atoms with van der Waals surface area (Å²) >= 11 is 1.38. The van der Waals surface area contributed by atoms with E-state index in [9.17, 15) is 4.79 Å². The molecule has 4 nitrogen and oxygen atoms in total. The molecule has 2 aromatic heterocycles. The van der Waals surface area contributed by atoms with Gasteiger partial charge in [-0.2, -0.15) is 5.10 Å². The number of benzene rings is 1. The smallest absolute Gasteiger partial charge is 0.266 e. The number of hydrogen-bond acceptors (Lipinski definition) is 4. The van der Waals surface area contributed by atoms with E-state index in [-0.39, 0.29) is 5.91 Å². The van der Waals surface area contributed by atoms with Crippen LogP contribution < -0.4 is 5.43 Å². The topological polar surface area (TPSA) is 54.4 Å². The van der Waals surface area contributed by atoms with Crippen molar-refractivity contribution >= 4 is 34.4 Å². The number of carbonyl (C=O) groups excluding carboxylic acids is 1. The van der Waals surface area contributed by atoms with Gasteiger partial charge in [-0.3, -0.25) is 9.78 Å². The van der Waals surface area contributed by atoms with Crippen molar-refractivity contribution < 1.29 is 4.79 Å². The molecular weight excluding hydrogens is 270 g/mol. The van der Waals surface area contributed by atoms with Gasteiger partial charge in [0.25, 0.3) is 5.91 Å². The molecule has 0 aliphatic heterocycles. The highest BCUT2D eigenvalue weighted by atomic mass is 32.1. The third kappa shape index (κ3) is 2.57. The van der Waals surface area contributed by atoms with Crippen molar-refractivity contribution in [3.63, 3.8) is 0 Å². The maximum Gasteiger partial charge on any atom is 0.281 e. The van der Waals surface area contributed by atoms with Crippen molar-refractivity contribution in [2.75, 3.05) is 0 Å². The quantitative estimate of drug-likeness (QED) is 0.592. The third-order valence-corrected chi connectivity index (χ3v) is 3.67. The number of amides is 1. The van der Waals surface area contributed by atoms with E-state index in [1.807, 2.05) is 41.8 Å². The Labute approximate surface area is 119 Å². The van der Waals surface area contributed by atoms with E-state index < -0.39 is 0 Å². The number of para-hydroxylation sites is 1. The Kier molecular flexibility index (Phi) is 3.52. The number of fused-ring (bicyclic) bond motifs is 1. The van der Waals surface area contributed by atoms with Gasteiger partial charge in [-0.1, -0.05) is 24.3 Å². The highest BCUT2D eigenvalue weighted by molar-refractivity contribution is 7.12. The van der Waals surface area contributed by atoms with Crippen LogP contribution in [0.15, 0.2) is 59.1 Å². The molecule has 3 aromatic rings. The van der Waals surface area contributed by atoms with Gasteiger partial charge >= 0.3 is 0 Å². The van der Waals surface area contributed by atoms with Gasteiger partial charge in [-0.25, -0.2) is 5.43 Å². The van der Waals surface area contributed by atoms with E-state index in [0.29, 0.717) is 4.88 Å². The second kappa shape index (κ2) is 5.63. The molecule has 1 aromatic carbocycles. The molecule has 0 saturated carbocycles. The summed E-state index contributed by atoms with van der Waals surface area (Å²) in [6.45, 7) is 0. The normalized spacial score (nSPS) is 11.0. The minimum absolute atomic E-state index is 0.199. The highest BCUT2D eigenvalue weighted by Crippen LogP contribution is 2.14. The number of pyridine rings is 1. The van der Waals surface area contributed by atoms with Crippen molar-refractivity contribution in [3.8, 4) is 0 Å². The number of aromatic nitrogens is 1. The summed E-state index contributed by atoms with van der Waals surface area (Å²) in [7, 11) is 0. The molecule has 0 radical (unpaired) electrons. The zero-order chi connectivity index (χ0) is 13.8. The molecule has 0 unspecified atom stereocenters. The van der Waals surface area contributed by atoms with Crippen LogP contribution in [0.1, 0.15) is 15.2 Å². The second-order valence-electron chi connectivity index (χ2n) is 4.09. The van der Waals surface area contributed by atoms with Crippen LogP contribution in [-0.4, -0.2) is 17.1 Å². The highest BCUT2D eigenvalue weighted by Gasteiger charge is 2.04. The van der Waals surface area contributed by atoms with Crippen LogP contribution in [0.5, 0.6) is 0 Å². The Balaban J connectivity index is 1.79. The van der Waals surface area contributed by atoms with Crippen LogP contribution in [0.3, 0.4) is 0 Å². The van der Waals surface area contributed by atoms with E-state index in [2.05, 4.69) is 15.5 Å². The van der Waals surface area contributed by atoms with Crippen LogP contribution in [0.2, 0.25) is 0 Å². The van der Waals surface area contributed by atoms with Crippen molar-refractivity contribution in [3.05, 3.63) is 64.5 Å². The first-order valence-electron chi connectivity index (χ1n) is 6.05. The van der Waals surface area contributed by atoms with Gasteiger partial charge in [-0.15, -0.1) is 11.3 Å². The molecule has 1 N–H and O–H groups in total. The van der Waals surface area contributed by atoms with Crippen LogP contribution >= 0.6 is 11.3 Å². The lowest BCUT2D eigenvalue weighted by Gasteiger charge is -2.00. The molecule has 0 aliphatic carbocycles. The van der Waals surface area contributed by atoms with E-state index >= 15 is 0 Å². The molecule has 1 amide bonds. The fourth-order valence-corrected chi connectivity index (χ4v) is 2.47. The molecule has 5 heteroatoms. The van der Waals surface area contributed by atoms with Gasteiger partial charge in [0, 0.05) is 17.1 Å². The largest absolute Gasteiger partial charge is 0.281 e. The van der Waals surface area contributed by atoms with Crippen LogP contribution in [-0.2, 0) is 0 Å². The minimum Gasteiger partial charge on any atom is -0.266 e. The lowest BCUT2D eigenvalue weighted by Crippen LogP contribution is -2.16. The Hall–Kier alpha value is -2.53. The standard InChI is InChI=1S/C15H11N3OS/c19-15(14-6-3-9-20-14)18-17-10-11-7-8-16-13-5-2-1-4-12(11)13/h1-10H,(H,18,19). The first kappa shape index (κ1) is 12.5. The molecule has 0 aliphatic rings. The second-order valence-corrected chi connectivity index (χ2v) is 5.04. The Morgan fingerprint density at radius 2 is 2.10 bits per heavy atom. The average molecular weight is 281 g/mol. The molecular formula is C15H11N3OS. The zero-order valence-corrected chi connectivity index (χ0v) is 11.3. The van der Waals surface area contributed by atoms with E-state index in [1.54, 1.807) is 18.5 Å². The lowest BCUT2D eigenvalue weighted by atomic mass is 10.1. The molecule has 2 heterocycles. The maximum absolute atomic E-state index is 11.7. The maximum atomic E-state index is 11.7. The zero-order valence-electron chi connectivity index (χ0n) is 10.5. The van der Waals surface area contributed by atoms with Gasteiger partial charge in [0.15, 0.2) is 0 Å². The first-order chi connectivity index (χ1) is 9.84. The SMILES string of the molecule is O=C(NN=Cc1ccnc2ccccc12)c1cccs1. The molecule has 0 fully saturated rings. The molecule has 0 bridgehead atoms. The number of thiophene rings is 1. The Morgan fingerprint density at radius 3 is 2.95 bits per heavy atom. The summed E-state index contributed by atoms with van der Waals surface area (Å²) in [5, 5.41) is 6.86. The average Bonchev–Trinajstić information content (AvgIpc) is 3.02. The monoisotopic (exact) mass is 281 g/mol. The van der Waals surface area contributed by atoms with Gasteiger partial charge in [0.05, 0.1) is 16.6 Å². The van der Waals surface area contributed by atoms with E-state index in [0.717, 1.165) is 16.5 Å². The summed E-state index contributed by atoms with van der Waals surface area (Å²) in [5.41, 5.74) is 4.34. The van der Waals surface area contributed by atoms with Crippen molar-refractivity contribution in [1.29, 1.82) is 0 Å². The first-order valence-corrected chi connectivity index (χ1v) is 6.93. The Morgan fingerprint density at radius 1 is 1.20 bits per heavy atom. The number of rotatable bonds is 3. The van der Waals surface area contributed by atoms with Crippen LogP contribution in [0, 0.1) is 0 Å². The van der Waals surface area contributed by atoms with E-state index in [1.165, 1.54) is 11.3 Å². The van der Waals surface area contributed by atoms with Gasteiger partial charge in [0.1, 0.15) is 0 Å². The number of nitrogens with zero attached hydrogens (tertiary/aromatic N) is 2. The molecule has 0 atom stereocenters. The van der Waals surface area contributed by atoms with E-state index in [4.69, 9.17) is 0 Å². The predicted octanol–water partition coefficient (Wildman–Crippen LogP) is 3.06. The summed E-state index contributed by atoms with van der Waals surface area (Å²) in [6, 6.07) is 13.3. The molecule has 98 valence electrons. The number of nitrogens with one attached hydrogen (secondary N) is 1. The summed E-state index contributed by atoms with van der Waals surface area (Å²) in [5.74, 6) is -0.199. The van der Waals surface area contributed by atoms with Gasteiger partial charge in [-0.05, 0) is 23.6 Å². The molecule has 0 saturated heterocycles. The molecule has 0 spiro atoms. The summed E-state index contributed by atoms with van der Waals surface area (Å²) in [4.78, 5) is 16.7. The number of hydrazone groups is 1. The summed E-state index contributed by atoms with van der Waals surface area (Å²) in [6.07, 6.45) is 3.36. The number of hydrogen-bond donors (Lipinski definition) is 1. The van der Waals surface area contributed by atoms with Crippen LogP contribution in [0.4, 0.5) is 0 Å². The van der Waals surface area contributed by atoms with Crippen molar-refractivity contribution in [2.24, 2.45) is 5.10 Å². The van der Waals surface area contributed by atoms with Crippen molar-refractivity contribution in [2.45, 2.75) is 0 Å². The summed E-state index contributed by atoms with van der Waals surface area (Å²) < 4.78 is 0. The predicted molar refractivity (Wildman–Crippen MR) is 81.1 cm³/mol. The lowest BCUT2D eigenvalue weighted by molar-refractivity contribution is 0.0959. The van der Waals surface area contributed by atoms with Gasteiger partial charge in [0.2, 0.25) is 0 Å². The van der Waals surface area contributed by atoms with Crippen LogP contribution in [0.25, 0.3) is 10.9 Å². The number of carbonyl (C=O) groups is 1. The third-order valence-electron chi connectivity index (χ3n) is 2.80. The Bertz CT molecular complexity index is 760. The minimum atomic E-state index is -0.199. The molecule has 3 rings (SSSR count). The molecule has 20 heavy (non-hydrogen) atoms. The van der Waals surface area contributed by atoms with Gasteiger partial charge < -0.3 is 0 Å². The fourth-order valence-electron chi connectivity index (χ4n) is 1.85.